The average Bonchev–Trinajstić information content (AvgIpc) is 3.13. The second kappa shape index (κ2) is 60.3. The Bertz CT molecular complexity index is 1850. The van der Waals surface area contributed by atoms with Crippen molar-refractivity contribution in [2.45, 2.75) is 320 Å². The van der Waals surface area contributed by atoms with Crippen molar-refractivity contribution in [1.29, 1.82) is 0 Å². The van der Waals surface area contributed by atoms with E-state index in [1.807, 2.05) is 18.2 Å². The third-order valence-corrected chi connectivity index (χ3v) is 15.4. The van der Waals surface area contributed by atoms with Crippen molar-refractivity contribution in [3.63, 3.8) is 0 Å². The molecule has 0 aliphatic carbocycles. The molecule has 1 saturated heterocycles. The SMILES string of the molecule is CC/C=C\C/C=C\C/C=C\C/C=C\C/C=C\CCC(O)C(=O)NC(COC1OC(CO)C(O)C(O)C1OC(=O)CCCCCCCCCCCCC/C=C\C/C=C\C/C=C\C/C=C\CCCCC)C(O)/C=C/CCCCCCCCCCCCC. The van der Waals surface area contributed by atoms with Crippen LogP contribution in [0.25, 0.3) is 0 Å². The van der Waals surface area contributed by atoms with Gasteiger partial charge in [0.05, 0.1) is 25.4 Å². The van der Waals surface area contributed by atoms with Gasteiger partial charge >= 0.3 is 5.97 Å². The topological polar surface area (TPSA) is 175 Å². The third-order valence-electron chi connectivity index (χ3n) is 15.4. The first kappa shape index (κ1) is 79.1. The van der Waals surface area contributed by atoms with Crippen LogP contribution in [0.3, 0.4) is 0 Å². The molecule has 0 bridgehead atoms. The number of rotatable bonds is 57. The molecule has 0 aromatic rings. The van der Waals surface area contributed by atoms with Gasteiger partial charge in [-0.15, -0.1) is 0 Å². The molecule has 8 unspecified atom stereocenters. The quantitative estimate of drug-likeness (QED) is 0.0195. The Morgan fingerprint density at radius 2 is 0.847 bits per heavy atom. The zero-order chi connectivity index (χ0) is 61.7. The highest BCUT2D eigenvalue weighted by molar-refractivity contribution is 5.80. The van der Waals surface area contributed by atoms with Gasteiger partial charge in [0.25, 0.3) is 0 Å². The van der Waals surface area contributed by atoms with Gasteiger partial charge in [0.15, 0.2) is 12.4 Å². The molecule has 0 saturated carbocycles. The number of aliphatic hydroxyl groups excluding tert-OH is 5. The Hall–Kier alpha value is -3.94. The lowest BCUT2D eigenvalue weighted by Gasteiger charge is -2.41. The van der Waals surface area contributed by atoms with Gasteiger partial charge in [0.2, 0.25) is 5.91 Å². The van der Waals surface area contributed by atoms with Crippen molar-refractivity contribution in [3.8, 4) is 0 Å². The second-order valence-electron chi connectivity index (χ2n) is 23.2. The minimum Gasteiger partial charge on any atom is -0.454 e. The first-order valence-corrected chi connectivity index (χ1v) is 34.3. The number of amides is 1. The molecule has 0 spiro atoms. The van der Waals surface area contributed by atoms with E-state index in [1.165, 1.54) is 116 Å². The largest absolute Gasteiger partial charge is 0.454 e. The van der Waals surface area contributed by atoms with E-state index < -0.39 is 67.4 Å². The average molecular weight is 1190 g/mol. The number of hydrogen-bond donors (Lipinski definition) is 6. The summed E-state index contributed by atoms with van der Waals surface area (Å²) >= 11 is 0. The highest BCUT2D eigenvalue weighted by Gasteiger charge is 2.47. The maximum atomic E-state index is 13.4. The van der Waals surface area contributed by atoms with E-state index in [1.54, 1.807) is 6.08 Å². The number of ether oxygens (including phenoxy) is 3. The molecule has 1 aliphatic heterocycles. The lowest BCUT2D eigenvalue weighted by molar-refractivity contribution is -0.305. The van der Waals surface area contributed by atoms with Crippen LogP contribution in [0.15, 0.2) is 122 Å². The van der Waals surface area contributed by atoms with Crippen LogP contribution in [0.4, 0.5) is 0 Å². The summed E-state index contributed by atoms with van der Waals surface area (Å²) in [7, 11) is 0. The Morgan fingerprint density at radius 3 is 1.29 bits per heavy atom. The highest BCUT2D eigenvalue weighted by atomic mass is 16.7. The highest BCUT2D eigenvalue weighted by Crippen LogP contribution is 2.26. The van der Waals surface area contributed by atoms with Gasteiger partial charge in [0.1, 0.15) is 24.4 Å². The molecule has 1 aliphatic rings. The molecule has 1 heterocycles. The molecule has 11 nitrogen and oxygen atoms in total. The molecule has 1 amide bonds. The lowest BCUT2D eigenvalue weighted by Crippen LogP contribution is -2.61. The number of hydrogen-bond acceptors (Lipinski definition) is 10. The predicted octanol–water partition coefficient (Wildman–Crippen LogP) is 17.4. The van der Waals surface area contributed by atoms with Crippen LogP contribution in [-0.4, -0.2) is 99.6 Å². The van der Waals surface area contributed by atoms with Crippen LogP contribution in [0.1, 0.15) is 271 Å². The lowest BCUT2D eigenvalue weighted by atomic mass is 9.99. The second-order valence-corrected chi connectivity index (χ2v) is 23.2. The molecule has 1 rings (SSSR count). The van der Waals surface area contributed by atoms with E-state index in [4.69, 9.17) is 14.2 Å². The van der Waals surface area contributed by atoms with E-state index >= 15 is 0 Å². The van der Waals surface area contributed by atoms with E-state index in [0.29, 0.717) is 12.8 Å². The predicted molar refractivity (Wildman–Crippen MR) is 356 cm³/mol. The van der Waals surface area contributed by atoms with Crippen molar-refractivity contribution in [2.75, 3.05) is 13.2 Å². The van der Waals surface area contributed by atoms with Crippen LogP contribution in [0.5, 0.6) is 0 Å². The summed E-state index contributed by atoms with van der Waals surface area (Å²) in [6.07, 6.45) is 73.9. The Labute approximate surface area is 519 Å². The normalized spacial score (nSPS) is 19.2. The number of carbonyl (C=O) groups excluding carboxylic acids is 2. The summed E-state index contributed by atoms with van der Waals surface area (Å²) in [4.78, 5) is 26.6. The number of unbranched alkanes of at least 4 members (excludes halogenated alkanes) is 25. The fourth-order valence-corrected chi connectivity index (χ4v) is 9.96. The number of carbonyl (C=O) groups is 2. The molecular formula is C74H125NO10. The first-order valence-electron chi connectivity index (χ1n) is 34.3. The standard InChI is InChI=1S/C74H125NO10/c1-4-7-10-13-16-19-22-25-27-29-30-31-32-33-34-35-36-37-38-39-41-44-47-50-53-56-59-62-69(79)85-72-71(81)70(80)68(63-76)84-74(72)83-64-65(66(77)60-57-54-51-48-45-42-24-21-18-15-12-9-6-3)75-73(82)67(78)61-58-55-52-49-46-43-40-28-26-23-20-17-14-11-8-5-2/h8,11,16-17,19-20,25-28,30-31,33-34,43,46,52,55,57,60,65-68,70-72,74,76-78,80-81H,4-7,9-10,12-15,18,21-24,29,32,35-42,44-45,47-51,53-54,56,58-59,61-64H2,1-3H3,(H,75,82)/b11-8-,19-16-,20-17-,27-25-,28-26-,31-30-,34-33-,46-43-,55-52-,60-57+. The van der Waals surface area contributed by atoms with Crippen LogP contribution >= 0.6 is 0 Å². The third kappa shape index (κ3) is 47.8. The monoisotopic (exact) mass is 1190 g/mol. The fourth-order valence-electron chi connectivity index (χ4n) is 9.96. The summed E-state index contributed by atoms with van der Waals surface area (Å²) in [5.74, 6) is -1.26. The summed E-state index contributed by atoms with van der Waals surface area (Å²) < 4.78 is 17.6. The molecular weight excluding hydrogens is 1060 g/mol. The molecule has 0 aromatic carbocycles. The fraction of sp³-hybridized carbons (Fsp3) is 0.703. The van der Waals surface area contributed by atoms with Gasteiger partial charge in [-0.25, -0.2) is 0 Å². The van der Waals surface area contributed by atoms with Crippen LogP contribution < -0.4 is 5.32 Å². The first-order chi connectivity index (χ1) is 41.7. The zero-order valence-electron chi connectivity index (χ0n) is 53.9. The summed E-state index contributed by atoms with van der Waals surface area (Å²) in [5, 5.41) is 57.1. The maximum absolute atomic E-state index is 13.4. The van der Waals surface area contributed by atoms with Crippen molar-refractivity contribution < 1.29 is 49.3 Å². The van der Waals surface area contributed by atoms with E-state index in [2.05, 4.69) is 123 Å². The van der Waals surface area contributed by atoms with Crippen LogP contribution in [0.2, 0.25) is 0 Å². The smallest absolute Gasteiger partial charge is 0.306 e. The van der Waals surface area contributed by atoms with E-state index in [9.17, 15) is 35.1 Å². The minimum absolute atomic E-state index is 0.106. The number of nitrogens with one attached hydrogen (secondary N) is 1. The molecule has 8 atom stereocenters. The molecule has 486 valence electrons. The Kier molecular flexibility index (Phi) is 56.1. The van der Waals surface area contributed by atoms with Crippen LogP contribution in [-0.2, 0) is 23.8 Å². The van der Waals surface area contributed by atoms with E-state index in [0.717, 1.165) is 109 Å². The molecule has 85 heavy (non-hydrogen) atoms. The van der Waals surface area contributed by atoms with Gasteiger partial charge in [-0.3, -0.25) is 9.59 Å². The molecule has 11 heteroatoms. The van der Waals surface area contributed by atoms with Gasteiger partial charge in [0, 0.05) is 6.42 Å². The Morgan fingerprint density at radius 1 is 0.471 bits per heavy atom. The number of allylic oxidation sites excluding steroid dienone is 19. The maximum Gasteiger partial charge on any atom is 0.306 e. The molecule has 0 aromatic heterocycles. The molecule has 6 N–H and O–H groups in total. The number of esters is 1. The number of aliphatic hydroxyl groups is 5. The summed E-state index contributed by atoms with van der Waals surface area (Å²) in [6.45, 7) is 5.62. The molecule has 0 radical (unpaired) electrons. The van der Waals surface area contributed by atoms with Gasteiger partial charge in [-0.1, -0.05) is 277 Å². The van der Waals surface area contributed by atoms with Crippen LogP contribution in [0, 0.1) is 0 Å². The summed E-state index contributed by atoms with van der Waals surface area (Å²) in [6, 6.07) is -1.06. The summed E-state index contributed by atoms with van der Waals surface area (Å²) in [5.41, 5.74) is 0. The Balaban J connectivity index is 2.62. The zero-order valence-corrected chi connectivity index (χ0v) is 53.9. The van der Waals surface area contributed by atoms with Gasteiger partial charge < -0.3 is 45.1 Å². The van der Waals surface area contributed by atoms with Crippen molar-refractivity contribution >= 4 is 11.9 Å². The molecule has 1 fully saturated rings. The van der Waals surface area contributed by atoms with Crippen molar-refractivity contribution in [3.05, 3.63) is 122 Å². The minimum atomic E-state index is -1.63. The van der Waals surface area contributed by atoms with Crippen molar-refractivity contribution in [1.82, 2.24) is 5.32 Å². The van der Waals surface area contributed by atoms with Crippen molar-refractivity contribution in [2.24, 2.45) is 0 Å². The van der Waals surface area contributed by atoms with E-state index in [-0.39, 0.29) is 19.4 Å². The van der Waals surface area contributed by atoms with Gasteiger partial charge in [-0.2, -0.15) is 0 Å². The van der Waals surface area contributed by atoms with Gasteiger partial charge in [-0.05, 0) is 109 Å².